The number of amides is 2. The monoisotopic (exact) mass is 398 g/mol. The highest BCUT2D eigenvalue weighted by atomic mass is 16.7. The van der Waals surface area contributed by atoms with Crippen LogP contribution in [0.25, 0.3) is 0 Å². The summed E-state index contributed by atoms with van der Waals surface area (Å²) in [5.74, 6) is 0.290. The second-order valence-corrected chi connectivity index (χ2v) is 6.67. The molecule has 4 rings (SSSR count). The number of piperazine rings is 1. The van der Waals surface area contributed by atoms with Gasteiger partial charge in [-0.1, -0.05) is 0 Å². The summed E-state index contributed by atoms with van der Waals surface area (Å²) < 4.78 is 10.6. The van der Waals surface area contributed by atoms with Crippen LogP contribution in [0.2, 0.25) is 0 Å². The predicted molar refractivity (Wildman–Crippen MR) is 102 cm³/mol. The predicted octanol–water partition coefficient (Wildman–Crippen LogP) is 1.38. The summed E-state index contributed by atoms with van der Waals surface area (Å²) in [6.07, 6.45) is 0. The molecule has 2 amide bonds. The quantitative estimate of drug-likeness (QED) is 0.609. The summed E-state index contributed by atoms with van der Waals surface area (Å²) >= 11 is 0. The topological polar surface area (TPSA) is 128 Å². The van der Waals surface area contributed by atoms with Crippen molar-refractivity contribution >= 4 is 23.2 Å². The molecule has 150 valence electrons. The molecule has 0 radical (unpaired) electrons. The molecule has 2 N–H and O–H groups in total. The van der Waals surface area contributed by atoms with Gasteiger partial charge < -0.3 is 25.0 Å². The number of anilines is 1. The molecule has 0 bridgehead atoms. The minimum Gasteiger partial charge on any atom is -0.454 e. The van der Waals surface area contributed by atoms with Gasteiger partial charge in [0.25, 0.3) is 11.6 Å². The summed E-state index contributed by atoms with van der Waals surface area (Å²) in [4.78, 5) is 38.5. The van der Waals surface area contributed by atoms with Gasteiger partial charge in [-0.2, -0.15) is 0 Å². The van der Waals surface area contributed by atoms with Crippen LogP contribution >= 0.6 is 0 Å². The second-order valence-electron chi connectivity index (χ2n) is 6.67. The summed E-state index contributed by atoms with van der Waals surface area (Å²) in [5, 5.41) is 11.4. The van der Waals surface area contributed by atoms with E-state index in [0.717, 1.165) is 0 Å². The first kappa shape index (κ1) is 18.5. The zero-order valence-corrected chi connectivity index (χ0v) is 15.4. The van der Waals surface area contributed by atoms with Crippen LogP contribution in [0.5, 0.6) is 11.5 Å². The highest BCUT2D eigenvalue weighted by Gasteiger charge is 2.28. The number of rotatable bonds is 4. The van der Waals surface area contributed by atoms with Gasteiger partial charge in [0, 0.05) is 43.4 Å². The van der Waals surface area contributed by atoms with Crippen LogP contribution in [0.3, 0.4) is 0 Å². The fourth-order valence-corrected chi connectivity index (χ4v) is 3.45. The Balaban J connectivity index is 1.47. The Kier molecular flexibility index (Phi) is 4.67. The third kappa shape index (κ3) is 3.51. The lowest BCUT2D eigenvalue weighted by Gasteiger charge is -2.35. The zero-order valence-electron chi connectivity index (χ0n) is 15.4. The van der Waals surface area contributed by atoms with Crippen molar-refractivity contribution in [3.63, 3.8) is 0 Å². The molecule has 1 saturated heterocycles. The van der Waals surface area contributed by atoms with E-state index in [0.29, 0.717) is 48.9 Å². The number of benzene rings is 2. The highest BCUT2D eigenvalue weighted by Crippen LogP contribution is 2.33. The number of carbonyl (C=O) groups excluding carboxylic acids is 2. The van der Waals surface area contributed by atoms with Gasteiger partial charge in [0.05, 0.1) is 4.92 Å². The van der Waals surface area contributed by atoms with E-state index in [1.807, 2.05) is 4.90 Å². The summed E-state index contributed by atoms with van der Waals surface area (Å²) in [6, 6.07) is 9.22. The van der Waals surface area contributed by atoms with Crippen LogP contribution in [0.4, 0.5) is 11.4 Å². The zero-order chi connectivity index (χ0) is 20.5. The van der Waals surface area contributed by atoms with Crippen molar-refractivity contribution in [2.24, 2.45) is 5.73 Å². The van der Waals surface area contributed by atoms with E-state index >= 15 is 0 Å². The Morgan fingerprint density at radius 3 is 2.34 bits per heavy atom. The maximum atomic E-state index is 12.8. The summed E-state index contributed by atoms with van der Waals surface area (Å²) in [6.45, 7) is 1.79. The molecule has 0 saturated carbocycles. The molecule has 0 atom stereocenters. The third-order valence-corrected chi connectivity index (χ3v) is 4.98. The Morgan fingerprint density at radius 2 is 1.66 bits per heavy atom. The molecule has 0 aromatic heterocycles. The summed E-state index contributed by atoms with van der Waals surface area (Å²) in [5.41, 5.74) is 6.01. The van der Waals surface area contributed by atoms with Crippen molar-refractivity contribution in [3.8, 4) is 11.5 Å². The molecule has 10 heteroatoms. The lowest BCUT2D eigenvalue weighted by Crippen LogP contribution is -2.49. The van der Waals surface area contributed by atoms with Crippen LogP contribution in [-0.2, 0) is 0 Å². The number of nitrogens with two attached hydrogens (primary N) is 1. The molecule has 0 aliphatic carbocycles. The van der Waals surface area contributed by atoms with Gasteiger partial charge in [0.1, 0.15) is 5.69 Å². The summed E-state index contributed by atoms with van der Waals surface area (Å²) in [7, 11) is 0. The van der Waals surface area contributed by atoms with E-state index < -0.39 is 10.8 Å². The van der Waals surface area contributed by atoms with Gasteiger partial charge in [-0.15, -0.1) is 0 Å². The number of carbonyl (C=O) groups is 2. The lowest BCUT2D eigenvalue weighted by atomic mass is 10.1. The molecule has 0 spiro atoms. The first-order valence-electron chi connectivity index (χ1n) is 8.96. The normalized spacial score (nSPS) is 15.3. The van der Waals surface area contributed by atoms with Gasteiger partial charge in [-0.25, -0.2) is 0 Å². The number of fused-ring (bicyclic) bond motifs is 1. The van der Waals surface area contributed by atoms with Gasteiger partial charge >= 0.3 is 0 Å². The minimum atomic E-state index is -0.723. The van der Waals surface area contributed by atoms with Crippen molar-refractivity contribution in [2.75, 3.05) is 37.9 Å². The molecule has 2 heterocycles. The van der Waals surface area contributed by atoms with Crippen molar-refractivity contribution in [1.29, 1.82) is 0 Å². The number of hydrogen-bond donors (Lipinski definition) is 1. The molecule has 2 aromatic rings. The van der Waals surface area contributed by atoms with Crippen LogP contribution in [0.1, 0.15) is 20.7 Å². The van der Waals surface area contributed by atoms with E-state index in [1.165, 1.54) is 18.2 Å². The van der Waals surface area contributed by atoms with Crippen LogP contribution in [0.15, 0.2) is 36.4 Å². The molecule has 2 aliphatic rings. The number of ether oxygens (including phenoxy) is 2. The van der Waals surface area contributed by atoms with Crippen molar-refractivity contribution in [2.45, 2.75) is 0 Å². The largest absolute Gasteiger partial charge is 0.454 e. The van der Waals surface area contributed by atoms with Crippen LogP contribution in [-0.4, -0.2) is 54.6 Å². The number of nitro groups is 1. The lowest BCUT2D eigenvalue weighted by molar-refractivity contribution is -0.384. The first-order chi connectivity index (χ1) is 13.9. The maximum Gasteiger partial charge on any atom is 0.293 e. The molecular weight excluding hydrogens is 380 g/mol. The molecule has 0 unspecified atom stereocenters. The molecule has 10 nitrogen and oxygen atoms in total. The van der Waals surface area contributed by atoms with Gasteiger partial charge in [0.2, 0.25) is 12.7 Å². The molecule has 2 aliphatic heterocycles. The fraction of sp³-hybridized carbons (Fsp3) is 0.263. The first-order valence-corrected chi connectivity index (χ1v) is 8.96. The highest BCUT2D eigenvalue weighted by molar-refractivity contribution is 5.95. The van der Waals surface area contributed by atoms with Crippen molar-refractivity contribution in [3.05, 3.63) is 57.6 Å². The molecular formula is C19H18N4O6. The molecule has 1 fully saturated rings. The number of hydrogen-bond acceptors (Lipinski definition) is 7. The standard InChI is InChI=1S/C19H18N4O6/c20-18(24)12-1-3-14(15(9-12)23(26)27)21-5-7-22(8-6-21)19(25)13-2-4-16-17(10-13)29-11-28-16/h1-4,9-10H,5-8,11H2,(H2,20,24). The minimum absolute atomic E-state index is 0.0806. The van der Waals surface area contributed by atoms with Crippen LogP contribution in [0, 0.1) is 10.1 Å². The van der Waals surface area contributed by atoms with E-state index in [1.54, 1.807) is 23.1 Å². The van der Waals surface area contributed by atoms with Crippen LogP contribution < -0.4 is 20.1 Å². The fourth-order valence-electron chi connectivity index (χ4n) is 3.45. The molecule has 2 aromatic carbocycles. The van der Waals surface area contributed by atoms with E-state index in [4.69, 9.17) is 15.2 Å². The number of nitro benzene ring substituents is 1. The van der Waals surface area contributed by atoms with E-state index in [2.05, 4.69) is 0 Å². The van der Waals surface area contributed by atoms with Crippen molar-refractivity contribution < 1.29 is 24.0 Å². The van der Waals surface area contributed by atoms with Gasteiger partial charge in [-0.05, 0) is 30.3 Å². The second kappa shape index (κ2) is 7.30. The molecule has 29 heavy (non-hydrogen) atoms. The Labute approximate surface area is 165 Å². The van der Waals surface area contributed by atoms with Gasteiger partial charge in [-0.3, -0.25) is 19.7 Å². The Bertz CT molecular complexity index is 1000. The number of nitrogens with zero attached hydrogens (tertiary/aromatic N) is 3. The van der Waals surface area contributed by atoms with E-state index in [9.17, 15) is 19.7 Å². The third-order valence-electron chi connectivity index (χ3n) is 4.98. The number of primary amides is 1. The smallest absolute Gasteiger partial charge is 0.293 e. The Hall–Kier alpha value is -3.82. The average Bonchev–Trinajstić information content (AvgIpc) is 3.20. The Morgan fingerprint density at radius 1 is 0.966 bits per heavy atom. The average molecular weight is 398 g/mol. The van der Waals surface area contributed by atoms with E-state index in [-0.39, 0.29) is 24.0 Å². The SMILES string of the molecule is NC(=O)c1ccc(N2CCN(C(=O)c3ccc4c(c3)OCO4)CC2)c([N+](=O)[O-])c1. The maximum absolute atomic E-state index is 12.8. The van der Waals surface area contributed by atoms with Gasteiger partial charge in [0.15, 0.2) is 11.5 Å². The van der Waals surface area contributed by atoms with Crippen molar-refractivity contribution in [1.82, 2.24) is 4.90 Å².